The topological polar surface area (TPSA) is 69.2 Å². The van der Waals surface area contributed by atoms with E-state index in [9.17, 15) is 5.11 Å². The summed E-state index contributed by atoms with van der Waals surface area (Å²) in [7, 11) is 4.79. The van der Waals surface area contributed by atoms with Gasteiger partial charge in [0.1, 0.15) is 0 Å². The lowest BCUT2D eigenvalue weighted by molar-refractivity contribution is -0.0258. The third-order valence-corrected chi connectivity index (χ3v) is 6.91. The highest BCUT2D eigenvalue weighted by molar-refractivity contribution is 5.62. The maximum Gasteiger partial charge on any atom is 0.203 e. The van der Waals surface area contributed by atoms with E-state index in [0.29, 0.717) is 35.8 Å². The molecule has 0 spiro atoms. The van der Waals surface area contributed by atoms with Gasteiger partial charge in [0.05, 0.1) is 33.5 Å². The molecule has 4 atom stereocenters. The lowest BCUT2D eigenvalue weighted by Crippen LogP contribution is -2.27. The molecule has 190 valence electrons. The normalized spacial score (nSPS) is 20.2. The number of aliphatic hydroxyl groups excluding tert-OH is 1. The highest BCUT2D eigenvalue weighted by atomic mass is 16.5. The van der Waals surface area contributed by atoms with Gasteiger partial charge in [-0.3, -0.25) is 0 Å². The van der Waals surface area contributed by atoms with Crippen LogP contribution in [0.2, 0.25) is 0 Å². The Labute approximate surface area is 201 Å². The lowest BCUT2D eigenvalue weighted by atomic mass is 9.92. The fraction of sp³-hybridized carbons (Fsp3) is 0.778. The van der Waals surface area contributed by atoms with Crippen molar-refractivity contribution < 1.29 is 24.1 Å². The van der Waals surface area contributed by atoms with E-state index in [4.69, 9.17) is 18.9 Å². The zero-order valence-corrected chi connectivity index (χ0v) is 21.5. The second-order valence-corrected chi connectivity index (χ2v) is 9.65. The number of hydrogen-bond donors (Lipinski definition) is 2. The molecule has 1 aromatic rings. The van der Waals surface area contributed by atoms with Crippen LogP contribution in [-0.2, 0) is 4.74 Å². The maximum atomic E-state index is 10.4. The van der Waals surface area contributed by atoms with E-state index < -0.39 is 0 Å². The van der Waals surface area contributed by atoms with Crippen LogP contribution in [0.15, 0.2) is 12.1 Å². The molecule has 0 radical (unpaired) electrons. The third kappa shape index (κ3) is 9.62. The lowest BCUT2D eigenvalue weighted by Gasteiger charge is -2.29. The summed E-state index contributed by atoms with van der Waals surface area (Å²) in [4.78, 5) is 0. The van der Waals surface area contributed by atoms with Gasteiger partial charge in [-0.25, -0.2) is 0 Å². The molecular weight excluding hydrogens is 418 g/mol. The van der Waals surface area contributed by atoms with Crippen LogP contribution < -0.4 is 19.5 Å². The van der Waals surface area contributed by atoms with Crippen molar-refractivity contribution in [1.82, 2.24) is 0 Å². The number of anilines is 1. The number of hydrogen-bond acceptors (Lipinski definition) is 6. The summed E-state index contributed by atoms with van der Waals surface area (Å²) in [6, 6.07) is 3.72. The van der Waals surface area contributed by atoms with E-state index in [1.807, 2.05) is 12.1 Å². The summed E-state index contributed by atoms with van der Waals surface area (Å²) >= 11 is 0. The fourth-order valence-corrected chi connectivity index (χ4v) is 4.69. The Balaban J connectivity index is 1.58. The van der Waals surface area contributed by atoms with E-state index in [1.54, 1.807) is 21.3 Å². The molecule has 6 heteroatoms. The van der Waals surface area contributed by atoms with Gasteiger partial charge in [-0.15, -0.1) is 0 Å². The van der Waals surface area contributed by atoms with Crippen LogP contribution in [0.5, 0.6) is 17.2 Å². The van der Waals surface area contributed by atoms with Crippen LogP contribution in [0.1, 0.15) is 78.1 Å². The SMILES string of the molecule is COc1cc(NCC(O)CCC(C)CCCCCCC2OCCCC2C)cc(OC)c1OC. The minimum absolute atomic E-state index is 0.385. The first-order valence-corrected chi connectivity index (χ1v) is 12.8. The first kappa shape index (κ1) is 27.6. The van der Waals surface area contributed by atoms with Crippen LogP contribution >= 0.6 is 0 Å². The Bertz CT molecular complexity index is 643. The predicted octanol–water partition coefficient (Wildman–Crippen LogP) is 6.06. The molecule has 0 saturated carbocycles. The predicted molar refractivity (Wildman–Crippen MR) is 135 cm³/mol. The Kier molecular flexibility index (Phi) is 12.8. The maximum absolute atomic E-state index is 10.4. The third-order valence-electron chi connectivity index (χ3n) is 6.91. The van der Waals surface area contributed by atoms with Crippen molar-refractivity contribution in [3.8, 4) is 17.2 Å². The first-order valence-electron chi connectivity index (χ1n) is 12.8. The van der Waals surface area contributed by atoms with Gasteiger partial charge in [-0.05, 0) is 43.9 Å². The van der Waals surface area contributed by atoms with Crippen molar-refractivity contribution in [3.05, 3.63) is 12.1 Å². The van der Waals surface area contributed by atoms with Crippen molar-refractivity contribution in [1.29, 1.82) is 0 Å². The molecule has 2 rings (SSSR count). The molecule has 6 nitrogen and oxygen atoms in total. The second kappa shape index (κ2) is 15.3. The van der Waals surface area contributed by atoms with Gasteiger partial charge in [0.25, 0.3) is 0 Å². The molecule has 1 aliphatic heterocycles. The Morgan fingerprint density at radius 2 is 1.70 bits per heavy atom. The van der Waals surface area contributed by atoms with Crippen LogP contribution in [0.4, 0.5) is 5.69 Å². The molecule has 4 unspecified atom stereocenters. The van der Waals surface area contributed by atoms with E-state index in [2.05, 4.69) is 19.2 Å². The first-order chi connectivity index (χ1) is 16.0. The molecule has 33 heavy (non-hydrogen) atoms. The standard InChI is InChI=1S/C27H47NO5/c1-20(11-8-6-7-9-13-24-21(2)12-10-16-33-24)14-15-23(29)19-28-22-17-25(30-3)27(32-5)26(18-22)31-4/h17-18,20-21,23-24,28-29H,6-16,19H2,1-5H3. The molecule has 0 amide bonds. The molecule has 0 aromatic heterocycles. The molecule has 2 N–H and O–H groups in total. The Hall–Kier alpha value is -1.66. The monoisotopic (exact) mass is 465 g/mol. The quantitative estimate of drug-likeness (QED) is 0.289. The smallest absolute Gasteiger partial charge is 0.203 e. The summed E-state index contributed by atoms with van der Waals surface area (Å²) < 4.78 is 22.1. The van der Waals surface area contributed by atoms with Crippen LogP contribution in [0.3, 0.4) is 0 Å². The summed E-state index contributed by atoms with van der Waals surface area (Å²) in [6.45, 7) is 6.08. The van der Waals surface area contributed by atoms with Gasteiger partial charge in [0.15, 0.2) is 11.5 Å². The molecule has 1 aliphatic rings. The number of methoxy groups -OCH3 is 3. The molecule has 1 aromatic carbocycles. The van der Waals surface area contributed by atoms with Gasteiger partial charge in [-0.2, -0.15) is 0 Å². The number of nitrogens with one attached hydrogen (secondary N) is 1. The molecule has 0 aliphatic carbocycles. The van der Waals surface area contributed by atoms with Gasteiger partial charge >= 0.3 is 0 Å². The number of rotatable bonds is 16. The number of ether oxygens (including phenoxy) is 4. The number of benzene rings is 1. The second-order valence-electron chi connectivity index (χ2n) is 9.65. The van der Waals surface area contributed by atoms with Crippen molar-refractivity contribution >= 4 is 5.69 Å². The van der Waals surface area contributed by atoms with Crippen LogP contribution in [-0.4, -0.2) is 51.8 Å². The molecule has 1 saturated heterocycles. The number of unbranched alkanes of at least 4 members (excludes halogenated alkanes) is 3. The zero-order valence-electron chi connectivity index (χ0n) is 21.5. The summed E-state index contributed by atoms with van der Waals surface area (Å²) in [5.41, 5.74) is 0.838. The fourth-order valence-electron chi connectivity index (χ4n) is 4.69. The minimum Gasteiger partial charge on any atom is -0.493 e. The van der Waals surface area contributed by atoms with E-state index >= 15 is 0 Å². The highest BCUT2D eigenvalue weighted by Gasteiger charge is 2.21. The minimum atomic E-state index is -0.385. The van der Waals surface area contributed by atoms with Gasteiger partial charge in [-0.1, -0.05) is 46.0 Å². The summed E-state index contributed by atoms with van der Waals surface area (Å²) in [6.07, 6.45) is 12.1. The van der Waals surface area contributed by atoms with Gasteiger partial charge in [0, 0.05) is 31.0 Å². The average Bonchev–Trinajstić information content (AvgIpc) is 2.83. The van der Waals surface area contributed by atoms with E-state index in [-0.39, 0.29) is 6.10 Å². The molecule has 1 fully saturated rings. The average molecular weight is 466 g/mol. The van der Waals surface area contributed by atoms with E-state index in [0.717, 1.165) is 31.1 Å². The van der Waals surface area contributed by atoms with Crippen LogP contribution in [0, 0.1) is 11.8 Å². The van der Waals surface area contributed by atoms with Gasteiger partial charge in [0.2, 0.25) is 5.75 Å². The molecular formula is C27H47NO5. The Morgan fingerprint density at radius 3 is 2.33 bits per heavy atom. The van der Waals surface area contributed by atoms with E-state index in [1.165, 1.54) is 51.4 Å². The van der Waals surface area contributed by atoms with Gasteiger partial charge < -0.3 is 29.4 Å². The van der Waals surface area contributed by atoms with Crippen molar-refractivity contribution in [2.75, 3.05) is 39.8 Å². The Morgan fingerprint density at radius 1 is 1.00 bits per heavy atom. The zero-order chi connectivity index (χ0) is 24.1. The number of aliphatic hydroxyl groups is 1. The molecule has 0 bridgehead atoms. The molecule has 1 heterocycles. The summed E-state index contributed by atoms with van der Waals surface area (Å²) in [5.74, 6) is 3.14. The summed E-state index contributed by atoms with van der Waals surface area (Å²) in [5, 5.41) is 13.7. The highest BCUT2D eigenvalue weighted by Crippen LogP contribution is 2.39. The van der Waals surface area contributed by atoms with Crippen LogP contribution in [0.25, 0.3) is 0 Å². The van der Waals surface area contributed by atoms with Crippen molar-refractivity contribution in [2.24, 2.45) is 11.8 Å². The van der Waals surface area contributed by atoms with Crippen molar-refractivity contribution in [2.45, 2.75) is 90.3 Å². The van der Waals surface area contributed by atoms with Crippen molar-refractivity contribution in [3.63, 3.8) is 0 Å². The largest absolute Gasteiger partial charge is 0.493 e.